The van der Waals surface area contributed by atoms with Gasteiger partial charge in [0.25, 0.3) is 0 Å². The van der Waals surface area contributed by atoms with Gasteiger partial charge in [-0.3, -0.25) is 0 Å². The van der Waals surface area contributed by atoms with Crippen molar-refractivity contribution in [3.63, 3.8) is 0 Å². The first-order valence-electron chi connectivity index (χ1n) is 6.83. The molecule has 0 bridgehead atoms. The molecule has 0 amide bonds. The van der Waals surface area contributed by atoms with Crippen LogP contribution >= 0.6 is 11.6 Å². The van der Waals surface area contributed by atoms with Crippen molar-refractivity contribution in [1.29, 1.82) is 0 Å². The zero-order chi connectivity index (χ0) is 14.5. The molecule has 0 aliphatic heterocycles. The zero-order valence-electron chi connectivity index (χ0n) is 11.5. The average Bonchev–Trinajstić information content (AvgIpc) is 2.93. The second kappa shape index (κ2) is 6.46. The van der Waals surface area contributed by atoms with Crippen LogP contribution in [0.5, 0.6) is 0 Å². The van der Waals surface area contributed by atoms with Crippen molar-refractivity contribution in [2.45, 2.75) is 13.1 Å². The van der Waals surface area contributed by atoms with Crippen LogP contribution in [0.15, 0.2) is 67.1 Å². The molecule has 0 atom stereocenters. The van der Waals surface area contributed by atoms with E-state index in [1.807, 2.05) is 42.9 Å². The minimum absolute atomic E-state index is 0.715. The number of nitrogens with one attached hydrogen (secondary N) is 1. The van der Waals surface area contributed by atoms with Crippen molar-refractivity contribution >= 4 is 17.3 Å². The summed E-state index contributed by atoms with van der Waals surface area (Å²) in [6.45, 7) is 1.54. The molecule has 0 radical (unpaired) electrons. The predicted molar refractivity (Wildman–Crippen MR) is 86.5 cm³/mol. The van der Waals surface area contributed by atoms with Crippen LogP contribution < -0.4 is 5.32 Å². The molecule has 21 heavy (non-hydrogen) atoms. The standard InChI is InChI=1S/C17H16ClN3/c18-15-7-4-8-16(9-15)20-11-17-10-19-13-21(17)12-14-5-2-1-3-6-14/h1-10,13,20H,11-12H2. The van der Waals surface area contributed by atoms with Crippen LogP contribution in [-0.4, -0.2) is 9.55 Å². The maximum absolute atomic E-state index is 5.99. The molecule has 4 heteroatoms. The molecule has 0 fully saturated rings. The Hall–Kier alpha value is -2.26. The largest absolute Gasteiger partial charge is 0.379 e. The number of rotatable bonds is 5. The molecule has 3 nitrogen and oxygen atoms in total. The van der Waals surface area contributed by atoms with E-state index in [4.69, 9.17) is 11.6 Å². The highest BCUT2D eigenvalue weighted by molar-refractivity contribution is 6.30. The molecular formula is C17H16ClN3. The number of hydrogen-bond donors (Lipinski definition) is 1. The van der Waals surface area contributed by atoms with Crippen LogP contribution in [-0.2, 0) is 13.1 Å². The lowest BCUT2D eigenvalue weighted by Crippen LogP contribution is -2.07. The quantitative estimate of drug-likeness (QED) is 0.765. The molecule has 1 N–H and O–H groups in total. The van der Waals surface area contributed by atoms with E-state index < -0.39 is 0 Å². The summed E-state index contributed by atoms with van der Waals surface area (Å²) in [6.07, 6.45) is 3.75. The Labute approximate surface area is 129 Å². The van der Waals surface area contributed by atoms with Gasteiger partial charge in [0.05, 0.1) is 18.6 Å². The Balaban J connectivity index is 1.68. The first-order valence-corrected chi connectivity index (χ1v) is 7.21. The number of halogens is 1. The lowest BCUT2D eigenvalue weighted by atomic mass is 10.2. The molecular weight excluding hydrogens is 282 g/mol. The van der Waals surface area contributed by atoms with Gasteiger partial charge in [-0.1, -0.05) is 48.0 Å². The molecule has 0 aliphatic rings. The van der Waals surface area contributed by atoms with E-state index in [1.54, 1.807) is 0 Å². The molecule has 0 saturated carbocycles. The Morgan fingerprint density at radius 2 is 1.90 bits per heavy atom. The summed E-state index contributed by atoms with van der Waals surface area (Å²) in [7, 11) is 0. The molecule has 106 valence electrons. The highest BCUT2D eigenvalue weighted by Crippen LogP contribution is 2.16. The monoisotopic (exact) mass is 297 g/mol. The maximum Gasteiger partial charge on any atom is 0.0951 e. The van der Waals surface area contributed by atoms with Crippen molar-refractivity contribution in [3.05, 3.63) is 83.4 Å². The van der Waals surface area contributed by atoms with Gasteiger partial charge >= 0.3 is 0 Å². The van der Waals surface area contributed by atoms with Crippen LogP contribution in [0, 0.1) is 0 Å². The average molecular weight is 298 g/mol. The van der Waals surface area contributed by atoms with Gasteiger partial charge in [-0.15, -0.1) is 0 Å². The minimum atomic E-state index is 0.715. The second-order valence-electron chi connectivity index (χ2n) is 4.86. The third kappa shape index (κ3) is 3.64. The smallest absolute Gasteiger partial charge is 0.0951 e. The first kappa shape index (κ1) is 13.7. The summed E-state index contributed by atoms with van der Waals surface area (Å²) in [5.41, 5.74) is 3.41. The van der Waals surface area contributed by atoms with E-state index in [2.05, 4.69) is 39.1 Å². The van der Waals surface area contributed by atoms with Crippen LogP contribution in [0.1, 0.15) is 11.3 Å². The fourth-order valence-corrected chi connectivity index (χ4v) is 2.40. The van der Waals surface area contributed by atoms with Gasteiger partial charge in [-0.05, 0) is 23.8 Å². The normalized spacial score (nSPS) is 10.5. The molecule has 3 aromatic rings. The van der Waals surface area contributed by atoms with Gasteiger partial charge < -0.3 is 9.88 Å². The summed E-state index contributed by atoms with van der Waals surface area (Å²) in [6, 6.07) is 18.1. The number of hydrogen-bond acceptors (Lipinski definition) is 2. The van der Waals surface area contributed by atoms with E-state index in [9.17, 15) is 0 Å². The first-order chi connectivity index (χ1) is 10.3. The fraction of sp³-hybridized carbons (Fsp3) is 0.118. The Bertz CT molecular complexity index is 707. The number of aromatic nitrogens is 2. The van der Waals surface area contributed by atoms with Crippen LogP contribution in [0.4, 0.5) is 5.69 Å². The topological polar surface area (TPSA) is 29.9 Å². The Kier molecular flexibility index (Phi) is 4.22. The molecule has 0 unspecified atom stereocenters. The molecule has 1 aromatic heterocycles. The summed E-state index contributed by atoms with van der Waals surface area (Å²) in [5.74, 6) is 0. The van der Waals surface area contributed by atoms with E-state index in [-0.39, 0.29) is 0 Å². The van der Waals surface area contributed by atoms with Gasteiger partial charge in [-0.2, -0.15) is 0 Å². The SMILES string of the molecule is Clc1cccc(NCc2cncn2Cc2ccccc2)c1. The van der Waals surface area contributed by atoms with Gasteiger partial charge in [0.1, 0.15) is 0 Å². The van der Waals surface area contributed by atoms with Gasteiger partial charge in [0.15, 0.2) is 0 Å². The van der Waals surface area contributed by atoms with Gasteiger partial charge in [0.2, 0.25) is 0 Å². The van der Waals surface area contributed by atoms with Crippen molar-refractivity contribution in [3.8, 4) is 0 Å². The van der Waals surface area contributed by atoms with E-state index in [0.29, 0.717) is 6.54 Å². The molecule has 3 rings (SSSR count). The molecule has 0 spiro atoms. The van der Waals surface area contributed by atoms with Crippen molar-refractivity contribution in [2.24, 2.45) is 0 Å². The van der Waals surface area contributed by atoms with E-state index in [0.717, 1.165) is 22.9 Å². The minimum Gasteiger partial charge on any atom is -0.379 e. The van der Waals surface area contributed by atoms with E-state index in [1.165, 1.54) is 5.56 Å². The molecule has 2 aromatic carbocycles. The Morgan fingerprint density at radius 1 is 1.05 bits per heavy atom. The summed E-state index contributed by atoms with van der Waals surface area (Å²) in [5, 5.41) is 4.10. The maximum atomic E-state index is 5.99. The molecule has 1 heterocycles. The van der Waals surface area contributed by atoms with Gasteiger partial charge in [-0.25, -0.2) is 4.98 Å². The summed E-state index contributed by atoms with van der Waals surface area (Å²) in [4.78, 5) is 4.25. The highest BCUT2D eigenvalue weighted by Gasteiger charge is 2.03. The zero-order valence-corrected chi connectivity index (χ0v) is 12.3. The number of nitrogens with zero attached hydrogens (tertiary/aromatic N) is 2. The van der Waals surface area contributed by atoms with E-state index >= 15 is 0 Å². The number of imidazole rings is 1. The highest BCUT2D eigenvalue weighted by atomic mass is 35.5. The van der Waals surface area contributed by atoms with Crippen LogP contribution in [0.25, 0.3) is 0 Å². The summed E-state index contributed by atoms with van der Waals surface area (Å²) < 4.78 is 2.15. The van der Waals surface area contributed by atoms with Crippen molar-refractivity contribution in [1.82, 2.24) is 9.55 Å². The molecule has 0 aliphatic carbocycles. The second-order valence-corrected chi connectivity index (χ2v) is 5.30. The Morgan fingerprint density at radius 3 is 2.71 bits per heavy atom. The van der Waals surface area contributed by atoms with Crippen LogP contribution in [0.3, 0.4) is 0 Å². The number of benzene rings is 2. The summed E-state index contributed by atoms with van der Waals surface area (Å²) >= 11 is 5.99. The third-order valence-electron chi connectivity index (χ3n) is 3.29. The predicted octanol–water partition coefficient (Wildman–Crippen LogP) is 4.20. The van der Waals surface area contributed by atoms with Crippen LogP contribution in [0.2, 0.25) is 5.02 Å². The third-order valence-corrected chi connectivity index (χ3v) is 3.53. The fourth-order valence-electron chi connectivity index (χ4n) is 2.21. The van der Waals surface area contributed by atoms with Gasteiger partial charge in [0, 0.05) is 23.5 Å². The lowest BCUT2D eigenvalue weighted by Gasteiger charge is -2.10. The number of anilines is 1. The van der Waals surface area contributed by atoms with Crippen molar-refractivity contribution in [2.75, 3.05) is 5.32 Å². The lowest BCUT2D eigenvalue weighted by molar-refractivity contribution is 0.749. The van der Waals surface area contributed by atoms with Crippen molar-refractivity contribution < 1.29 is 0 Å². The molecule has 0 saturated heterocycles.